The average molecular weight is 435 g/mol. The lowest BCUT2D eigenvalue weighted by Gasteiger charge is -2.28. The minimum Gasteiger partial charge on any atom is -0.497 e. The van der Waals surface area contributed by atoms with E-state index < -0.39 is 24.0 Å². The molecule has 2 amide bonds. The van der Waals surface area contributed by atoms with Crippen LogP contribution in [-0.4, -0.2) is 25.0 Å². The van der Waals surface area contributed by atoms with Crippen LogP contribution in [0.4, 0.5) is 11.4 Å². The molecule has 0 radical (unpaired) electrons. The maximum atomic E-state index is 13.5. The summed E-state index contributed by atoms with van der Waals surface area (Å²) in [6.07, 6.45) is -0.918. The van der Waals surface area contributed by atoms with Crippen LogP contribution in [0, 0.1) is 5.92 Å². The molecular formula is C24H19ClN2O4. The zero-order valence-electron chi connectivity index (χ0n) is 16.6. The molecule has 5 rings (SSSR count). The van der Waals surface area contributed by atoms with Crippen LogP contribution in [0.3, 0.4) is 0 Å². The first-order valence-corrected chi connectivity index (χ1v) is 10.2. The van der Waals surface area contributed by atoms with Crippen LogP contribution in [0.1, 0.15) is 11.6 Å². The van der Waals surface area contributed by atoms with Gasteiger partial charge < -0.3 is 4.74 Å². The Balaban J connectivity index is 1.58. The van der Waals surface area contributed by atoms with Crippen LogP contribution in [0.25, 0.3) is 0 Å². The molecule has 2 heterocycles. The first-order valence-electron chi connectivity index (χ1n) is 9.87. The Morgan fingerprint density at radius 1 is 0.871 bits per heavy atom. The molecule has 2 fully saturated rings. The summed E-state index contributed by atoms with van der Waals surface area (Å²) in [6.45, 7) is 0. The predicted molar refractivity (Wildman–Crippen MR) is 117 cm³/mol. The first-order chi connectivity index (χ1) is 15.1. The molecule has 2 saturated heterocycles. The lowest BCUT2D eigenvalue weighted by atomic mass is 9.90. The van der Waals surface area contributed by atoms with Gasteiger partial charge >= 0.3 is 0 Å². The van der Waals surface area contributed by atoms with E-state index in [1.807, 2.05) is 54.6 Å². The highest BCUT2D eigenvalue weighted by Crippen LogP contribution is 2.47. The minimum atomic E-state index is -0.918. The Hall–Kier alpha value is -3.35. The number of amides is 2. The molecule has 0 aromatic heterocycles. The Morgan fingerprint density at radius 3 is 2.26 bits per heavy atom. The lowest BCUT2D eigenvalue weighted by Crippen LogP contribution is -2.37. The molecule has 156 valence electrons. The second-order valence-corrected chi connectivity index (χ2v) is 7.86. The van der Waals surface area contributed by atoms with Gasteiger partial charge in [-0.3, -0.25) is 14.4 Å². The smallest absolute Gasteiger partial charge is 0.266 e. The van der Waals surface area contributed by atoms with Crippen LogP contribution in [0.2, 0.25) is 5.02 Å². The van der Waals surface area contributed by atoms with Gasteiger partial charge in [0.2, 0.25) is 5.91 Å². The third-order valence-corrected chi connectivity index (χ3v) is 5.88. The summed E-state index contributed by atoms with van der Waals surface area (Å²) in [5.41, 5.74) is 2.07. The van der Waals surface area contributed by atoms with Crippen molar-refractivity contribution in [2.75, 3.05) is 17.1 Å². The van der Waals surface area contributed by atoms with Crippen molar-refractivity contribution in [1.82, 2.24) is 0 Å². The molecule has 0 N–H and O–H groups in total. The van der Waals surface area contributed by atoms with Gasteiger partial charge in [-0.15, -0.1) is 0 Å². The van der Waals surface area contributed by atoms with Crippen molar-refractivity contribution in [3.8, 4) is 5.75 Å². The van der Waals surface area contributed by atoms with Crippen molar-refractivity contribution >= 4 is 34.8 Å². The normalized spacial score (nSPS) is 22.7. The fourth-order valence-corrected chi connectivity index (χ4v) is 4.41. The third kappa shape index (κ3) is 3.24. The number of carbonyl (C=O) groups excluding carboxylic acids is 2. The van der Waals surface area contributed by atoms with E-state index in [9.17, 15) is 9.59 Å². The second kappa shape index (κ2) is 7.72. The molecule has 3 atom stereocenters. The summed E-state index contributed by atoms with van der Waals surface area (Å²) in [6, 6.07) is 23.2. The monoisotopic (exact) mass is 434 g/mol. The van der Waals surface area contributed by atoms with Crippen LogP contribution < -0.4 is 14.7 Å². The molecule has 0 saturated carbocycles. The number of anilines is 2. The van der Waals surface area contributed by atoms with E-state index in [-0.39, 0.29) is 5.91 Å². The van der Waals surface area contributed by atoms with E-state index in [0.29, 0.717) is 16.5 Å². The number of rotatable bonds is 4. The highest BCUT2D eigenvalue weighted by molar-refractivity contribution is 6.31. The predicted octanol–water partition coefficient (Wildman–Crippen LogP) is 4.40. The molecule has 0 spiro atoms. The van der Waals surface area contributed by atoms with E-state index in [1.165, 1.54) is 4.90 Å². The van der Waals surface area contributed by atoms with Crippen molar-refractivity contribution in [2.24, 2.45) is 5.92 Å². The number of para-hydroxylation sites is 1. The molecule has 3 aromatic rings. The number of ether oxygens (including phenoxy) is 1. The minimum absolute atomic E-state index is 0.309. The number of fused-ring (bicyclic) bond motifs is 1. The highest BCUT2D eigenvalue weighted by Gasteiger charge is 2.60. The van der Waals surface area contributed by atoms with E-state index in [0.717, 1.165) is 11.3 Å². The fourth-order valence-electron chi connectivity index (χ4n) is 4.22. The topological polar surface area (TPSA) is 59.1 Å². The van der Waals surface area contributed by atoms with Crippen molar-refractivity contribution in [3.63, 3.8) is 0 Å². The first kappa shape index (κ1) is 19.6. The number of hydrogen-bond acceptors (Lipinski definition) is 5. The highest BCUT2D eigenvalue weighted by atomic mass is 35.5. The van der Waals surface area contributed by atoms with E-state index in [1.54, 1.807) is 36.4 Å². The Kier molecular flexibility index (Phi) is 4.88. The molecule has 0 unspecified atom stereocenters. The maximum Gasteiger partial charge on any atom is 0.266 e. The zero-order chi connectivity index (χ0) is 21.5. The molecular weight excluding hydrogens is 416 g/mol. The number of hydroxylamine groups is 1. The van der Waals surface area contributed by atoms with Crippen molar-refractivity contribution in [3.05, 3.63) is 89.4 Å². The molecule has 0 bridgehead atoms. The average Bonchev–Trinajstić information content (AvgIpc) is 3.30. The van der Waals surface area contributed by atoms with Crippen LogP contribution >= 0.6 is 11.6 Å². The van der Waals surface area contributed by atoms with E-state index in [4.69, 9.17) is 21.2 Å². The number of nitrogens with zero attached hydrogens (tertiary/aromatic N) is 2. The van der Waals surface area contributed by atoms with Gasteiger partial charge in [0, 0.05) is 5.02 Å². The Labute approximate surface area is 184 Å². The molecule has 6 nitrogen and oxygen atoms in total. The fraction of sp³-hybridized carbons (Fsp3) is 0.167. The van der Waals surface area contributed by atoms with Crippen molar-refractivity contribution in [1.29, 1.82) is 0 Å². The third-order valence-electron chi connectivity index (χ3n) is 5.65. The molecule has 3 aromatic carbocycles. The van der Waals surface area contributed by atoms with Crippen molar-refractivity contribution < 1.29 is 19.2 Å². The summed E-state index contributed by atoms with van der Waals surface area (Å²) in [5, 5.41) is 2.12. The molecule has 31 heavy (non-hydrogen) atoms. The summed E-state index contributed by atoms with van der Waals surface area (Å²) in [5.74, 6) is -0.689. The largest absolute Gasteiger partial charge is 0.497 e. The van der Waals surface area contributed by atoms with Crippen molar-refractivity contribution in [2.45, 2.75) is 12.1 Å². The summed E-state index contributed by atoms with van der Waals surface area (Å²) >= 11 is 6.10. The van der Waals surface area contributed by atoms with Gasteiger partial charge in [-0.25, -0.2) is 9.96 Å². The van der Waals surface area contributed by atoms with Gasteiger partial charge in [0.05, 0.1) is 24.5 Å². The van der Waals surface area contributed by atoms with Gasteiger partial charge in [-0.1, -0.05) is 48.0 Å². The number of methoxy groups -OCH3 is 1. The van der Waals surface area contributed by atoms with E-state index in [2.05, 4.69) is 0 Å². The lowest BCUT2D eigenvalue weighted by molar-refractivity contribution is -0.126. The van der Waals surface area contributed by atoms with E-state index >= 15 is 0 Å². The quantitative estimate of drug-likeness (QED) is 0.570. The second-order valence-electron chi connectivity index (χ2n) is 7.42. The molecule has 7 heteroatoms. The summed E-state index contributed by atoms with van der Waals surface area (Å²) in [4.78, 5) is 34.1. The Morgan fingerprint density at radius 2 is 1.58 bits per heavy atom. The molecule has 0 aliphatic carbocycles. The van der Waals surface area contributed by atoms with Gasteiger partial charge in [-0.2, -0.15) is 0 Å². The van der Waals surface area contributed by atoms with Gasteiger partial charge in [0.1, 0.15) is 11.7 Å². The maximum absolute atomic E-state index is 13.5. The van der Waals surface area contributed by atoms with Crippen LogP contribution in [-0.2, 0) is 14.4 Å². The standard InChI is InChI=1S/C24H19ClN2O4/c1-30-19-12-10-15(11-13-19)21-20-22(31-27(21)17-7-3-2-4-8-17)24(29)26(23(20)28)18-9-5-6-16(25)14-18/h2-14,20-22H,1H3/t20-,21+,22+/m0/s1. The van der Waals surface area contributed by atoms with Gasteiger partial charge in [0.15, 0.2) is 6.10 Å². The summed E-state index contributed by atoms with van der Waals surface area (Å²) < 4.78 is 5.27. The zero-order valence-corrected chi connectivity index (χ0v) is 17.4. The SMILES string of the molecule is COc1ccc([C@@H]2[C@@H]3C(=O)N(c4cccc(Cl)c4)C(=O)[C@@H]3ON2c2ccccc2)cc1. The van der Waals surface area contributed by atoms with Gasteiger partial charge in [-0.05, 0) is 48.0 Å². The number of benzene rings is 3. The molecule has 2 aliphatic heterocycles. The number of imide groups is 1. The van der Waals surface area contributed by atoms with Crippen LogP contribution in [0.15, 0.2) is 78.9 Å². The molecule has 2 aliphatic rings. The van der Waals surface area contributed by atoms with Gasteiger partial charge in [0.25, 0.3) is 5.91 Å². The number of halogens is 1. The summed E-state index contributed by atoms with van der Waals surface area (Å²) in [7, 11) is 1.60. The van der Waals surface area contributed by atoms with Crippen LogP contribution in [0.5, 0.6) is 5.75 Å². The Bertz CT molecular complexity index is 1140. The number of hydrogen-bond donors (Lipinski definition) is 0. The number of carbonyl (C=O) groups is 2.